The van der Waals surface area contributed by atoms with Gasteiger partial charge in [-0.25, -0.2) is 4.98 Å². The van der Waals surface area contributed by atoms with E-state index in [0.717, 1.165) is 21.8 Å². The summed E-state index contributed by atoms with van der Waals surface area (Å²) in [6.45, 7) is 0. The van der Waals surface area contributed by atoms with Crippen LogP contribution in [0.25, 0.3) is 11.0 Å². The lowest BCUT2D eigenvalue weighted by Crippen LogP contribution is -1.82. The van der Waals surface area contributed by atoms with Crippen molar-refractivity contribution in [1.29, 1.82) is 0 Å². The fourth-order valence-electron chi connectivity index (χ4n) is 1.12. The highest BCUT2D eigenvalue weighted by Crippen LogP contribution is 2.22. The van der Waals surface area contributed by atoms with Crippen LogP contribution in [-0.2, 0) is 0 Å². The Morgan fingerprint density at radius 1 is 1.50 bits per heavy atom. The van der Waals surface area contributed by atoms with E-state index >= 15 is 0 Å². The first-order valence-electron chi connectivity index (χ1n) is 3.39. The van der Waals surface area contributed by atoms with E-state index in [0.29, 0.717) is 5.56 Å². The largest absolute Gasteiger partial charge is 0.344 e. The number of halogens is 1. The Bertz CT molecular complexity index is 436. The molecule has 0 aliphatic heterocycles. The number of carbonyl (C=O) groups excluding carboxylic acids is 1. The van der Waals surface area contributed by atoms with Gasteiger partial charge in [0.15, 0.2) is 6.29 Å². The molecule has 0 spiro atoms. The van der Waals surface area contributed by atoms with Gasteiger partial charge in [-0.2, -0.15) is 0 Å². The van der Waals surface area contributed by atoms with E-state index in [1.165, 1.54) is 0 Å². The van der Waals surface area contributed by atoms with Gasteiger partial charge >= 0.3 is 0 Å². The minimum Gasteiger partial charge on any atom is -0.344 e. The SMILES string of the molecule is O=Cc1ccc(Br)c2nc[nH]c12. The fourth-order valence-corrected chi connectivity index (χ4v) is 1.55. The summed E-state index contributed by atoms with van der Waals surface area (Å²) in [4.78, 5) is 17.5. The number of benzene rings is 1. The van der Waals surface area contributed by atoms with Crippen LogP contribution >= 0.6 is 15.9 Å². The topological polar surface area (TPSA) is 45.8 Å². The lowest BCUT2D eigenvalue weighted by molar-refractivity contribution is 0.112. The minimum atomic E-state index is 0.630. The lowest BCUT2D eigenvalue weighted by atomic mass is 10.2. The van der Waals surface area contributed by atoms with Crippen LogP contribution in [0.3, 0.4) is 0 Å². The van der Waals surface area contributed by atoms with Crippen molar-refractivity contribution in [3.63, 3.8) is 0 Å². The Kier molecular flexibility index (Phi) is 1.69. The molecule has 0 fully saturated rings. The molecule has 2 rings (SSSR count). The van der Waals surface area contributed by atoms with Crippen molar-refractivity contribution in [3.8, 4) is 0 Å². The number of imidazole rings is 1. The molecule has 1 heterocycles. The van der Waals surface area contributed by atoms with Crippen molar-refractivity contribution in [2.45, 2.75) is 0 Å². The molecule has 0 aliphatic carbocycles. The molecule has 1 aromatic carbocycles. The molecule has 0 saturated carbocycles. The Hall–Kier alpha value is -1.16. The molecule has 0 radical (unpaired) electrons. The monoisotopic (exact) mass is 224 g/mol. The van der Waals surface area contributed by atoms with Crippen LogP contribution in [0.4, 0.5) is 0 Å². The second-order valence-corrected chi connectivity index (χ2v) is 3.23. The summed E-state index contributed by atoms with van der Waals surface area (Å²) in [5.74, 6) is 0. The summed E-state index contributed by atoms with van der Waals surface area (Å²) in [5, 5.41) is 0. The van der Waals surface area contributed by atoms with Gasteiger partial charge in [-0.05, 0) is 28.1 Å². The zero-order valence-corrected chi connectivity index (χ0v) is 7.63. The first-order chi connectivity index (χ1) is 5.83. The van der Waals surface area contributed by atoms with E-state index in [1.54, 1.807) is 12.4 Å². The number of aldehydes is 1. The van der Waals surface area contributed by atoms with Crippen molar-refractivity contribution in [2.24, 2.45) is 0 Å². The zero-order valence-electron chi connectivity index (χ0n) is 6.04. The number of nitrogens with zero attached hydrogens (tertiary/aromatic N) is 1. The first-order valence-corrected chi connectivity index (χ1v) is 4.19. The Morgan fingerprint density at radius 3 is 3.08 bits per heavy atom. The lowest BCUT2D eigenvalue weighted by Gasteiger charge is -1.94. The number of rotatable bonds is 1. The fraction of sp³-hybridized carbons (Fsp3) is 0. The molecule has 1 N–H and O–H groups in total. The van der Waals surface area contributed by atoms with Crippen molar-refractivity contribution in [3.05, 3.63) is 28.5 Å². The molecule has 0 bridgehead atoms. The van der Waals surface area contributed by atoms with Crippen LogP contribution in [0.15, 0.2) is 22.9 Å². The van der Waals surface area contributed by atoms with E-state index in [9.17, 15) is 4.79 Å². The number of aromatic nitrogens is 2. The first kappa shape index (κ1) is 7.49. The second kappa shape index (κ2) is 2.71. The van der Waals surface area contributed by atoms with Crippen LogP contribution in [0.2, 0.25) is 0 Å². The molecule has 0 atom stereocenters. The molecule has 60 valence electrons. The van der Waals surface area contributed by atoms with Crippen molar-refractivity contribution < 1.29 is 4.79 Å². The van der Waals surface area contributed by atoms with Crippen LogP contribution in [0, 0.1) is 0 Å². The molecule has 4 heteroatoms. The van der Waals surface area contributed by atoms with Crippen molar-refractivity contribution in [1.82, 2.24) is 9.97 Å². The third-order valence-corrected chi connectivity index (χ3v) is 2.33. The number of carbonyl (C=O) groups is 1. The van der Waals surface area contributed by atoms with E-state index in [-0.39, 0.29) is 0 Å². The zero-order chi connectivity index (χ0) is 8.55. The maximum atomic E-state index is 10.6. The van der Waals surface area contributed by atoms with Gasteiger partial charge in [-0.3, -0.25) is 4.79 Å². The van der Waals surface area contributed by atoms with E-state index in [2.05, 4.69) is 25.9 Å². The predicted molar refractivity (Wildman–Crippen MR) is 49.2 cm³/mol. The Labute approximate surface area is 76.9 Å². The van der Waals surface area contributed by atoms with E-state index in [1.807, 2.05) is 6.07 Å². The van der Waals surface area contributed by atoms with Gasteiger partial charge in [0, 0.05) is 10.0 Å². The number of fused-ring (bicyclic) bond motifs is 1. The molecule has 1 aromatic heterocycles. The molecular weight excluding hydrogens is 220 g/mol. The van der Waals surface area contributed by atoms with Gasteiger partial charge in [0.2, 0.25) is 0 Å². The molecular formula is C8H5BrN2O. The van der Waals surface area contributed by atoms with Crippen LogP contribution in [-0.4, -0.2) is 16.3 Å². The van der Waals surface area contributed by atoms with Crippen molar-refractivity contribution >= 4 is 33.2 Å². The van der Waals surface area contributed by atoms with Crippen molar-refractivity contribution in [2.75, 3.05) is 0 Å². The quantitative estimate of drug-likeness (QED) is 0.755. The maximum Gasteiger partial charge on any atom is 0.152 e. The third kappa shape index (κ3) is 0.956. The second-order valence-electron chi connectivity index (χ2n) is 2.38. The van der Waals surface area contributed by atoms with Gasteiger partial charge in [-0.15, -0.1) is 0 Å². The molecule has 0 aliphatic rings. The van der Waals surface area contributed by atoms with Gasteiger partial charge in [0.25, 0.3) is 0 Å². The number of aromatic amines is 1. The highest BCUT2D eigenvalue weighted by atomic mass is 79.9. The highest BCUT2D eigenvalue weighted by molar-refractivity contribution is 9.10. The smallest absolute Gasteiger partial charge is 0.152 e. The van der Waals surface area contributed by atoms with Gasteiger partial charge < -0.3 is 4.98 Å². The summed E-state index contributed by atoms with van der Waals surface area (Å²) >= 11 is 3.34. The van der Waals surface area contributed by atoms with Gasteiger partial charge in [0.05, 0.1) is 11.8 Å². The summed E-state index contributed by atoms with van der Waals surface area (Å²) in [6.07, 6.45) is 2.38. The van der Waals surface area contributed by atoms with Crippen LogP contribution in [0.1, 0.15) is 10.4 Å². The van der Waals surface area contributed by atoms with Gasteiger partial charge in [-0.1, -0.05) is 0 Å². The molecule has 2 aromatic rings. The Morgan fingerprint density at radius 2 is 2.33 bits per heavy atom. The number of nitrogens with one attached hydrogen (secondary N) is 1. The van der Waals surface area contributed by atoms with Crippen LogP contribution < -0.4 is 0 Å². The molecule has 3 nitrogen and oxygen atoms in total. The molecule has 0 saturated heterocycles. The minimum absolute atomic E-state index is 0.630. The average Bonchev–Trinajstić information content (AvgIpc) is 2.54. The predicted octanol–water partition coefficient (Wildman–Crippen LogP) is 2.14. The Balaban J connectivity index is 2.91. The molecule has 0 amide bonds. The summed E-state index contributed by atoms with van der Waals surface area (Å²) in [7, 11) is 0. The average molecular weight is 225 g/mol. The number of hydrogen-bond donors (Lipinski definition) is 1. The van der Waals surface area contributed by atoms with Gasteiger partial charge in [0.1, 0.15) is 5.52 Å². The van der Waals surface area contributed by atoms with Crippen LogP contribution in [0.5, 0.6) is 0 Å². The summed E-state index contributed by atoms with van der Waals surface area (Å²) < 4.78 is 0.893. The van der Waals surface area contributed by atoms with E-state index < -0.39 is 0 Å². The number of H-pyrrole nitrogens is 1. The summed E-state index contributed by atoms with van der Waals surface area (Å²) in [5.41, 5.74) is 2.20. The standard InChI is InChI=1S/C8H5BrN2O/c9-6-2-1-5(3-12)7-8(6)11-4-10-7/h1-4H,(H,10,11). The van der Waals surface area contributed by atoms with E-state index in [4.69, 9.17) is 0 Å². The highest BCUT2D eigenvalue weighted by Gasteiger charge is 2.04. The normalized spacial score (nSPS) is 10.4. The third-order valence-electron chi connectivity index (χ3n) is 1.69. The molecule has 12 heavy (non-hydrogen) atoms. The summed E-state index contributed by atoms with van der Waals surface area (Å²) in [6, 6.07) is 3.56. The maximum absolute atomic E-state index is 10.6. The molecule has 0 unspecified atom stereocenters. The number of hydrogen-bond acceptors (Lipinski definition) is 2.